The average Bonchev–Trinajstić information content (AvgIpc) is 2.66. The number of amides is 1. The molecule has 1 amide bonds. The third-order valence-electron chi connectivity index (χ3n) is 4.08. The van der Waals surface area contributed by atoms with Crippen LogP contribution >= 0.6 is 11.8 Å². The molecule has 0 fully saturated rings. The number of carbonyl (C=O) groups is 1. The molecule has 3 rings (SSSR count). The second-order valence-electron chi connectivity index (χ2n) is 6.29. The van der Waals surface area contributed by atoms with Crippen molar-refractivity contribution >= 4 is 23.4 Å². The summed E-state index contributed by atoms with van der Waals surface area (Å²) in [6.07, 6.45) is 4.46. The second-order valence-corrected chi connectivity index (χ2v) is 7.71. The summed E-state index contributed by atoms with van der Waals surface area (Å²) >= 11 is 1.57. The molecular weight excluding hydrogens is 340 g/mol. The van der Waals surface area contributed by atoms with E-state index in [9.17, 15) is 4.79 Å². The van der Waals surface area contributed by atoms with Crippen molar-refractivity contribution in [2.24, 2.45) is 0 Å². The van der Waals surface area contributed by atoms with Crippen LogP contribution in [0.4, 0.5) is 5.69 Å². The molecule has 26 heavy (non-hydrogen) atoms. The number of hydrogen-bond acceptors (Lipinski definition) is 3. The van der Waals surface area contributed by atoms with Gasteiger partial charge in [-0.15, -0.1) is 11.8 Å². The van der Waals surface area contributed by atoms with Crippen molar-refractivity contribution in [3.05, 3.63) is 89.7 Å². The largest absolute Gasteiger partial charge is 0.325 e. The number of pyridine rings is 1. The van der Waals surface area contributed by atoms with Gasteiger partial charge in [0, 0.05) is 23.0 Å². The van der Waals surface area contributed by atoms with Gasteiger partial charge in [0.2, 0.25) is 5.91 Å². The van der Waals surface area contributed by atoms with Crippen LogP contribution in [0.5, 0.6) is 0 Å². The molecule has 0 saturated heterocycles. The topological polar surface area (TPSA) is 42.0 Å². The van der Waals surface area contributed by atoms with E-state index >= 15 is 0 Å². The number of thioether (sulfide) groups is 1. The highest BCUT2D eigenvalue weighted by atomic mass is 32.2. The molecular formula is C22H22N2OS. The number of nitrogens with one attached hydrogen (secondary N) is 1. The fourth-order valence-electron chi connectivity index (χ4n) is 2.56. The first-order valence-electron chi connectivity index (χ1n) is 8.62. The van der Waals surface area contributed by atoms with Gasteiger partial charge < -0.3 is 5.32 Å². The molecule has 0 unspecified atom stereocenters. The molecule has 4 heteroatoms. The Balaban J connectivity index is 1.56. The van der Waals surface area contributed by atoms with Crippen LogP contribution in [0, 0.1) is 6.92 Å². The van der Waals surface area contributed by atoms with Gasteiger partial charge in [-0.25, -0.2) is 0 Å². The number of anilines is 1. The Kier molecular flexibility index (Phi) is 6.08. The van der Waals surface area contributed by atoms with Crippen molar-refractivity contribution in [1.82, 2.24) is 4.98 Å². The second kappa shape index (κ2) is 8.68. The van der Waals surface area contributed by atoms with Gasteiger partial charge in [-0.3, -0.25) is 9.78 Å². The van der Waals surface area contributed by atoms with E-state index in [1.165, 1.54) is 16.7 Å². The van der Waals surface area contributed by atoms with Gasteiger partial charge in [0.25, 0.3) is 0 Å². The van der Waals surface area contributed by atoms with Crippen molar-refractivity contribution in [2.45, 2.75) is 30.4 Å². The molecule has 1 N–H and O–H groups in total. The summed E-state index contributed by atoms with van der Waals surface area (Å²) in [5, 5.41) is 2.84. The van der Waals surface area contributed by atoms with Crippen LogP contribution in [0.2, 0.25) is 0 Å². The van der Waals surface area contributed by atoms with E-state index in [2.05, 4.69) is 41.5 Å². The van der Waals surface area contributed by atoms with E-state index in [0.717, 1.165) is 17.0 Å². The van der Waals surface area contributed by atoms with Gasteiger partial charge in [-0.1, -0.05) is 29.8 Å². The summed E-state index contributed by atoms with van der Waals surface area (Å²) in [7, 11) is 0. The van der Waals surface area contributed by atoms with E-state index in [-0.39, 0.29) is 11.2 Å². The van der Waals surface area contributed by atoms with Crippen molar-refractivity contribution in [1.29, 1.82) is 0 Å². The first-order chi connectivity index (χ1) is 12.6. The minimum atomic E-state index is -0.158. The zero-order chi connectivity index (χ0) is 18.4. The summed E-state index contributed by atoms with van der Waals surface area (Å²) < 4.78 is 0. The van der Waals surface area contributed by atoms with E-state index in [1.807, 2.05) is 43.3 Å². The van der Waals surface area contributed by atoms with Crippen LogP contribution in [0.3, 0.4) is 0 Å². The molecule has 0 aliphatic heterocycles. The Labute approximate surface area is 158 Å². The Bertz CT molecular complexity index is 846. The van der Waals surface area contributed by atoms with Gasteiger partial charge >= 0.3 is 0 Å². The molecule has 3 aromatic rings. The first kappa shape index (κ1) is 18.2. The predicted molar refractivity (Wildman–Crippen MR) is 109 cm³/mol. The van der Waals surface area contributed by atoms with Gasteiger partial charge in [0.05, 0.1) is 5.25 Å². The third-order valence-corrected chi connectivity index (χ3v) is 5.19. The number of aryl methyl sites for hydroxylation is 1. The number of benzene rings is 2. The summed E-state index contributed by atoms with van der Waals surface area (Å²) in [4.78, 5) is 17.6. The predicted octanol–water partition coefficient (Wildman–Crippen LogP) is 5.10. The third kappa shape index (κ3) is 5.20. The van der Waals surface area contributed by atoms with E-state index in [4.69, 9.17) is 0 Å². The molecule has 1 atom stereocenters. The normalized spacial score (nSPS) is 11.8. The van der Waals surface area contributed by atoms with E-state index in [1.54, 1.807) is 24.2 Å². The Morgan fingerprint density at radius 2 is 1.58 bits per heavy atom. The van der Waals surface area contributed by atoms with E-state index < -0.39 is 0 Å². The van der Waals surface area contributed by atoms with Crippen LogP contribution in [0.1, 0.15) is 23.6 Å². The molecule has 132 valence electrons. The van der Waals surface area contributed by atoms with Crippen molar-refractivity contribution in [2.75, 3.05) is 5.32 Å². The monoisotopic (exact) mass is 362 g/mol. The van der Waals surface area contributed by atoms with Crippen LogP contribution in [-0.2, 0) is 11.2 Å². The summed E-state index contributed by atoms with van der Waals surface area (Å²) in [5.74, 6) is 0.0115. The number of nitrogens with zero attached hydrogens (tertiary/aromatic N) is 1. The quantitative estimate of drug-likeness (QED) is 0.620. The van der Waals surface area contributed by atoms with Crippen molar-refractivity contribution in [3.63, 3.8) is 0 Å². The molecule has 0 saturated carbocycles. The molecule has 0 spiro atoms. The van der Waals surface area contributed by atoms with Crippen molar-refractivity contribution < 1.29 is 4.79 Å². The van der Waals surface area contributed by atoms with Gasteiger partial charge in [-0.05, 0) is 67.8 Å². The molecule has 0 bridgehead atoms. The lowest BCUT2D eigenvalue weighted by Gasteiger charge is -2.12. The fraction of sp³-hybridized carbons (Fsp3) is 0.182. The highest BCUT2D eigenvalue weighted by Gasteiger charge is 2.14. The number of carbonyl (C=O) groups excluding carboxylic acids is 1. The Morgan fingerprint density at radius 3 is 2.23 bits per heavy atom. The number of hydrogen-bond donors (Lipinski definition) is 1. The summed E-state index contributed by atoms with van der Waals surface area (Å²) in [6.45, 7) is 3.99. The Morgan fingerprint density at radius 1 is 0.962 bits per heavy atom. The molecule has 1 heterocycles. The molecule has 3 nitrogen and oxygen atoms in total. The molecule has 2 aromatic carbocycles. The maximum absolute atomic E-state index is 12.4. The summed E-state index contributed by atoms with van der Waals surface area (Å²) in [5.41, 5.74) is 4.47. The van der Waals surface area contributed by atoms with Crippen LogP contribution in [0.25, 0.3) is 0 Å². The highest BCUT2D eigenvalue weighted by Crippen LogP contribution is 2.24. The van der Waals surface area contributed by atoms with Crippen LogP contribution < -0.4 is 5.32 Å². The van der Waals surface area contributed by atoms with Crippen molar-refractivity contribution in [3.8, 4) is 0 Å². The lowest BCUT2D eigenvalue weighted by atomic mass is 10.1. The highest BCUT2D eigenvalue weighted by molar-refractivity contribution is 8.00. The van der Waals surface area contributed by atoms with Crippen LogP contribution in [0.15, 0.2) is 78.0 Å². The lowest BCUT2D eigenvalue weighted by Crippen LogP contribution is -2.22. The van der Waals surface area contributed by atoms with Gasteiger partial charge in [-0.2, -0.15) is 0 Å². The molecule has 0 aliphatic rings. The maximum atomic E-state index is 12.4. The number of aromatic nitrogens is 1. The molecule has 0 radical (unpaired) electrons. The molecule has 0 aliphatic carbocycles. The average molecular weight is 362 g/mol. The summed E-state index contributed by atoms with van der Waals surface area (Å²) in [6, 6.07) is 20.3. The minimum Gasteiger partial charge on any atom is -0.325 e. The smallest absolute Gasteiger partial charge is 0.237 e. The fourth-order valence-corrected chi connectivity index (χ4v) is 3.43. The first-order valence-corrected chi connectivity index (χ1v) is 9.50. The van der Waals surface area contributed by atoms with Gasteiger partial charge in [0.15, 0.2) is 0 Å². The molecule has 1 aromatic heterocycles. The number of rotatable bonds is 6. The van der Waals surface area contributed by atoms with Crippen LogP contribution in [-0.4, -0.2) is 16.1 Å². The zero-order valence-electron chi connectivity index (χ0n) is 15.0. The SMILES string of the molecule is Cc1ccc(S[C@@H](C)C(=O)Nc2ccc(Cc3ccncc3)cc2)cc1. The minimum absolute atomic E-state index is 0.0115. The standard InChI is InChI=1S/C22H22N2OS/c1-16-3-9-21(10-4-16)26-17(2)22(25)24-20-7-5-18(6-8-20)15-19-11-13-23-14-12-19/h3-14,17H,15H2,1-2H3,(H,24,25)/t17-/m0/s1. The maximum Gasteiger partial charge on any atom is 0.237 e. The van der Waals surface area contributed by atoms with E-state index in [0.29, 0.717) is 0 Å². The lowest BCUT2D eigenvalue weighted by molar-refractivity contribution is -0.115. The zero-order valence-corrected chi connectivity index (χ0v) is 15.8. The van der Waals surface area contributed by atoms with Gasteiger partial charge in [0.1, 0.15) is 0 Å². The Hall–Kier alpha value is -2.59.